The van der Waals surface area contributed by atoms with Gasteiger partial charge in [0.2, 0.25) is 0 Å². The van der Waals surface area contributed by atoms with Gasteiger partial charge in [-0.1, -0.05) is 0 Å². The minimum absolute atomic E-state index is 0.0994. The second-order valence-electron chi connectivity index (χ2n) is 4.50. The van der Waals surface area contributed by atoms with Gasteiger partial charge in [-0.25, -0.2) is 9.18 Å². The standard InChI is InChI=1S/C14H11FN4O3S/c1-2-22-14(21)11-7-6-23-12(16)10(7)13(20)19(18-11)9-5-17-4-3-8(9)15/h3-6H,2,16H2,1H3. The third-order valence-corrected chi connectivity index (χ3v) is 3.94. The van der Waals surface area contributed by atoms with Crippen molar-refractivity contribution in [1.82, 2.24) is 14.8 Å². The maximum Gasteiger partial charge on any atom is 0.359 e. The number of nitrogens with zero attached hydrogens (tertiary/aromatic N) is 3. The first-order valence-electron chi connectivity index (χ1n) is 6.61. The molecule has 0 amide bonds. The predicted molar refractivity (Wildman–Crippen MR) is 83.3 cm³/mol. The van der Waals surface area contributed by atoms with Gasteiger partial charge in [-0.2, -0.15) is 9.78 Å². The van der Waals surface area contributed by atoms with Crippen molar-refractivity contribution in [3.05, 3.63) is 45.7 Å². The molecule has 7 nitrogen and oxygen atoms in total. The normalized spacial score (nSPS) is 10.9. The van der Waals surface area contributed by atoms with Gasteiger partial charge in [0.05, 0.1) is 23.2 Å². The van der Waals surface area contributed by atoms with E-state index in [1.54, 1.807) is 12.3 Å². The van der Waals surface area contributed by atoms with E-state index in [9.17, 15) is 14.0 Å². The molecule has 0 bridgehead atoms. The van der Waals surface area contributed by atoms with Crippen LogP contribution in [-0.2, 0) is 4.74 Å². The fourth-order valence-corrected chi connectivity index (χ4v) is 2.90. The highest BCUT2D eigenvalue weighted by Gasteiger charge is 2.22. The van der Waals surface area contributed by atoms with Crippen LogP contribution in [0.25, 0.3) is 16.5 Å². The fraction of sp³-hybridized carbons (Fsp3) is 0.143. The molecule has 0 fully saturated rings. The first kappa shape index (κ1) is 15.1. The number of aromatic nitrogens is 3. The number of esters is 1. The quantitative estimate of drug-likeness (QED) is 0.732. The van der Waals surface area contributed by atoms with Crippen LogP contribution in [0.3, 0.4) is 0 Å². The molecule has 3 rings (SSSR count). The molecule has 23 heavy (non-hydrogen) atoms. The van der Waals surface area contributed by atoms with E-state index in [-0.39, 0.29) is 33.8 Å². The SMILES string of the molecule is CCOC(=O)c1nn(-c2cnccc2F)c(=O)c2c(N)scc12. The Morgan fingerprint density at radius 3 is 3.00 bits per heavy atom. The van der Waals surface area contributed by atoms with Crippen LogP contribution in [0.1, 0.15) is 17.4 Å². The molecule has 0 aliphatic carbocycles. The highest BCUT2D eigenvalue weighted by molar-refractivity contribution is 7.15. The number of fused-ring (bicyclic) bond motifs is 1. The molecule has 9 heteroatoms. The number of hydrogen-bond acceptors (Lipinski definition) is 7. The Balaban J connectivity index is 2.38. The van der Waals surface area contributed by atoms with E-state index in [1.807, 2.05) is 0 Å². The first-order chi connectivity index (χ1) is 11.0. The molecule has 0 saturated heterocycles. The molecule has 0 aromatic carbocycles. The monoisotopic (exact) mass is 334 g/mol. The van der Waals surface area contributed by atoms with E-state index < -0.39 is 17.3 Å². The Hall–Kier alpha value is -2.81. The van der Waals surface area contributed by atoms with Gasteiger partial charge < -0.3 is 10.5 Å². The molecule has 3 aromatic rings. The van der Waals surface area contributed by atoms with Crippen molar-refractivity contribution >= 4 is 33.1 Å². The van der Waals surface area contributed by atoms with Crippen molar-refractivity contribution in [1.29, 1.82) is 0 Å². The minimum Gasteiger partial charge on any atom is -0.461 e. The van der Waals surface area contributed by atoms with Crippen LogP contribution >= 0.6 is 11.3 Å². The van der Waals surface area contributed by atoms with Gasteiger partial charge in [-0.05, 0) is 13.0 Å². The number of hydrogen-bond donors (Lipinski definition) is 1. The lowest BCUT2D eigenvalue weighted by Crippen LogP contribution is -2.26. The van der Waals surface area contributed by atoms with Gasteiger partial charge >= 0.3 is 5.97 Å². The number of halogens is 1. The summed E-state index contributed by atoms with van der Waals surface area (Å²) in [5.41, 5.74) is 4.92. The van der Waals surface area contributed by atoms with Crippen molar-refractivity contribution < 1.29 is 13.9 Å². The van der Waals surface area contributed by atoms with Crippen LogP contribution in [-0.4, -0.2) is 27.3 Å². The summed E-state index contributed by atoms with van der Waals surface area (Å²) >= 11 is 1.10. The number of thiophene rings is 1. The number of carbonyl (C=O) groups excluding carboxylic acids is 1. The van der Waals surface area contributed by atoms with Crippen molar-refractivity contribution in [2.75, 3.05) is 12.3 Å². The summed E-state index contributed by atoms with van der Waals surface area (Å²) in [5.74, 6) is -1.41. The Morgan fingerprint density at radius 2 is 2.30 bits per heavy atom. The van der Waals surface area contributed by atoms with Crippen LogP contribution in [0, 0.1) is 5.82 Å². The van der Waals surface area contributed by atoms with E-state index in [0.717, 1.165) is 28.3 Å². The maximum absolute atomic E-state index is 14.0. The summed E-state index contributed by atoms with van der Waals surface area (Å²) in [5, 5.41) is 6.13. The zero-order chi connectivity index (χ0) is 16.6. The third-order valence-electron chi connectivity index (χ3n) is 3.13. The number of nitrogens with two attached hydrogens (primary N) is 1. The van der Waals surface area contributed by atoms with Crippen LogP contribution in [0.4, 0.5) is 9.39 Å². The molecule has 0 unspecified atom stereocenters. The second kappa shape index (κ2) is 5.76. The molecule has 0 saturated carbocycles. The van der Waals surface area contributed by atoms with Gasteiger partial charge in [0.15, 0.2) is 11.5 Å². The van der Waals surface area contributed by atoms with Gasteiger partial charge in [0, 0.05) is 17.0 Å². The molecule has 0 radical (unpaired) electrons. The lowest BCUT2D eigenvalue weighted by atomic mass is 10.2. The maximum atomic E-state index is 14.0. The van der Waals surface area contributed by atoms with E-state index in [0.29, 0.717) is 0 Å². The Kier molecular flexibility index (Phi) is 3.78. The van der Waals surface area contributed by atoms with E-state index in [2.05, 4.69) is 10.1 Å². The zero-order valence-electron chi connectivity index (χ0n) is 11.9. The second-order valence-corrected chi connectivity index (χ2v) is 5.41. The zero-order valence-corrected chi connectivity index (χ0v) is 12.8. The van der Waals surface area contributed by atoms with Crippen LogP contribution in [0.2, 0.25) is 0 Å². The highest BCUT2D eigenvalue weighted by Crippen LogP contribution is 2.27. The molecule has 0 aliphatic heterocycles. The molecular weight excluding hydrogens is 323 g/mol. The minimum atomic E-state index is -0.714. The van der Waals surface area contributed by atoms with E-state index >= 15 is 0 Å². The molecule has 3 aromatic heterocycles. The smallest absolute Gasteiger partial charge is 0.359 e. The van der Waals surface area contributed by atoms with E-state index in [1.165, 1.54) is 6.20 Å². The highest BCUT2D eigenvalue weighted by atomic mass is 32.1. The molecule has 0 spiro atoms. The number of ether oxygens (including phenoxy) is 1. The Labute approximate surface area is 133 Å². The topological polar surface area (TPSA) is 100 Å². The first-order valence-corrected chi connectivity index (χ1v) is 7.49. The largest absolute Gasteiger partial charge is 0.461 e. The number of pyridine rings is 1. The number of anilines is 1. The van der Waals surface area contributed by atoms with Gasteiger partial charge in [0.1, 0.15) is 5.69 Å². The number of carbonyl (C=O) groups is 1. The summed E-state index contributed by atoms with van der Waals surface area (Å²) < 4.78 is 19.7. The lowest BCUT2D eigenvalue weighted by Gasteiger charge is -2.09. The Morgan fingerprint density at radius 1 is 1.52 bits per heavy atom. The molecule has 0 atom stereocenters. The fourth-order valence-electron chi connectivity index (χ4n) is 2.11. The van der Waals surface area contributed by atoms with Crippen LogP contribution in [0.15, 0.2) is 28.6 Å². The van der Waals surface area contributed by atoms with Crippen molar-refractivity contribution in [2.45, 2.75) is 6.92 Å². The van der Waals surface area contributed by atoms with E-state index in [4.69, 9.17) is 10.5 Å². The van der Waals surface area contributed by atoms with Crippen LogP contribution in [0.5, 0.6) is 0 Å². The summed E-state index contributed by atoms with van der Waals surface area (Å²) in [6.07, 6.45) is 2.39. The molecule has 2 N–H and O–H groups in total. The average molecular weight is 334 g/mol. The van der Waals surface area contributed by atoms with Crippen molar-refractivity contribution in [2.24, 2.45) is 0 Å². The van der Waals surface area contributed by atoms with Gasteiger partial charge in [0.25, 0.3) is 5.56 Å². The molecule has 118 valence electrons. The Bertz CT molecular complexity index is 966. The third kappa shape index (κ3) is 2.44. The van der Waals surface area contributed by atoms with Crippen LogP contribution < -0.4 is 11.3 Å². The summed E-state index contributed by atoms with van der Waals surface area (Å²) in [7, 11) is 0. The molecule has 3 heterocycles. The molecule has 0 aliphatic rings. The summed E-state index contributed by atoms with van der Waals surface area (Å²) in [6.45, 7) is 1.79. The predicted octanol–water partition coefficient (Wildman–Crippen LogP) is 1.74. The summed E-state index contributed by atoms with van der Waals surface area (Å²) in [4.78, 5) is 28.5. The summed E-state index contributed by atoms with van der Waals surface area (Å²) in [6, 6.07) is 1.09. The van der Waals surface area contributed by atoms with Gasteiger partial charge in [-0.15, -0.1) is 11.3 Å². The number of nitrogen functional groups attached to an aromatic ring is 1. The van der Waals surface area contributed by atoms with Crippen molar-refractivity contribution in [3.8, 4) is 5.69 Å². The molecular formula is C14H11FN4O3S. The average Bonchev–Trinajstić information content (AvgIpc) is 2.91. The van der Waals surface area contributed by atoms with Gasteiger partial charge in [-0.3, -0.25) is 9.78 Å². The van der Waals surface area contributed by atoms with Crippen molar-refractivity contribution in [3.63, 3.8) is 0 Å². The number of rotatable bonds is 3. The lowest BCUT2D eigenvalue weighted by molar-refractivity contribution is 0.0520.